The second kappa shape index (κ2) is 5.75. The molecule has 3 nitrogen and oxygen atoms in total. The Morgan fingerprint density at radius 2 is 2.25 bits per heavy atom. The number of carbonyl (C=O) groups excluding carboxylic acids is 1. The molecule has 0 aliphatic carbocycles. The second-order valence-electron chi connectivity index (χ2n) is 3.39. The first kappa shape index (κ1) is 12.8. The van der Waals surface area contributed by atoms with Gasteiger partial charge in [0.15, 0.2) is 0 Å². The monoisotopic (exact) mass is 242 g/mol. The van der Waals surface area contributed by atoms with Crippen LogP contribution in [0.3, 0.4) is 0 Å². The third kappa shape index (κ3) is 3.41. The third-order valence-corrected chi connectivity index (χ3v) is 3.24. The molecule has 0 fully saturated rings. The Morgan fingerprint density at radius 1 is 1.56 bits per heavy atom. The molecule has 16 heavy (non-hydrogen) atoms. The summed E-state index contributed by atoms with van der Waals surface area (Å²) in [5.41, 5.74) is 5.82. The van der Waals surface area contributed by atoms with Crippen molar-refractivity contribution >= 4 is 23.4 Å². The van der Waals surface area contributed by atoms with Crippen molar-refractivity contribution in [2.45, 2.75) is 11.8 Å². The fraction of sp³-hybridized carbons (Fsp3) is 0.364. The first-order valence-electron chi connectivity index (χ1n) is 4.96. The third-order valence-electron chi connectivity index (χ3n) is 2.21. The SMILES string of the molecule is CCN(C)C(=O)CSc1ccc(N)cc1F. The zero-order valence-electron chi connectivity index (χ0n) is 9.37. The molecule has 5 heteroatoms. The lowest BCUT2D eigenvalue weighted by Gasteiger charge is -2.13. The number of anilines is 1. The fourth-order valence-corrected chi connectivity index (χ4v) is 1.92. The maximum atomic E-state index is 13.4. The van der Waals surface area contributed by atoms with Crippen LogP contribution in [0.1, 0.15) is 6.92 Å². The number of nitrogens with zero attached hydrogens (tertiary/aromatic N) is 1. The highest BCUT2D eigenvalue weighted by molar-refractivity contribution is 8.00. The molecule has 0 heterocycles. The smallest absolute Gasteiger partial charge is 0.232 e. The normalized spacial score (nSPS) is 10.2. The molecule has 0 saturated heterocycles. The molecule has 1 rings (SSSR count). The van der Waals surface area contributed by atoms with Crippen LogP contribution in [0, 0.1) is 5.82 Å². The summed E-state index contributed by atoms with van der Waals surface area (Å²) in [6, 6.07) is 4.48. The van der Waals surface area contributed by atoms with Gasteiger partial charge < -0.3 is 10.6 Å². The lowest BCUT2D eigenvalue weighted by atomic mass is 10.3. The van der Waals surface area contributed by atoms with Gasteiger partial charge in [-0.15, -0.1) is 11.8 Å². The molecule has 0 atom stereocenters. The first-order valence-corrected chi connectivity index (χ1v) is 5.95. The summed E-state index contributed by atoms with van der Waals surface area (Å²) in [4.78, 5) is 13.5. The fourth-order valence-electron chi connectivity index (χ4n) is 1.06. The topological polar surface area (TPSA) is 46.3 Å². The molecular formula is C11H15FN2OS. The molecule has 0 radical (unpaired) electrons. The molecular weight excluding hydrogens is 227 g/mol. The van der Waals surface area contributed by atoms with Crippen molar-refractivity contribution < 1.29 is 9.18 Å². The second-order valence-corrected chi connectivity index (χ2v) is 4.40. The van der Waals surface area contributed by atoms with Gasteiger partial charge in [-0.3, -0.25) is 4.79 Å². The highest BCUT2D eigenvalue weighted by atomic mass is 32.2. The van der Waals surface area contributed by atoms with E-state index in [4.69, 9.17) is 5.73 Å². The summed E-state index contributed by atoms with van der Waals surface area (Å²) >= 11 is 1.19. The number of nitrogen functional groups attached to an aromatic ring is 1. The van der Waals surface area contributed by atoms with Crippen molar-refractivity contribution in [2.24, 2.45) is 0 Å². The van der Waals surface area contributed by atoms with Gasteiger partial charge in [-0.1, -0.05) is 0 Å². The van der Waals surface area contributed by atoms with Gasteiger partial charge >= 0.3 is 0 Å². The number of nitrogens with two attached hydrogens (primary N) is 1. The number of amides is 1. The molecule has 0 aliphatic rings. The van der Waals surface area contributed by atoms with Crippen molar-refractivity contribution in [1.29, 1.82) is 0 Å². The van der Waals surface area contributed by atoms with Crippen LogP contribution in [0.25, 0.3) is 0 Å². The first-order chi connectivity index (χ1) is 7.54. The van der Waals surface area contributed by atoms with E-state index < -0.39 is 0 Å². The minimum atomic E-state index is -0.378. The molecule has 0 aromatic heterocycles. The van der Waals surface area contributed by atoms with Crippen molar-refractivity contribution in [3.05, 3.63) is 24.0 Å². The Morgan fingerprint density at radius 3 is 2.81 bits per heavy atom. The van der Waals surface area contributed by atoms with Crippen molar-refractivity contribution in [3.63, 3.8) is 0 Å². The lowest BCUT2D eigenvalue weighted by Crippen LogP contribution is -2.27. The Balaban J connectivity index is 2.58. The highest BCUT2D eigenvalue weighted by Gasteiger charge is 2.09. The van der Waals surface area contributed by atoms with Gasteiger partial charge in [-0.2, -0.15) is 0 Å². The number of thioether (sulfide) groups is 1. The molecule has 1 amide bonds. The van der Waals surface area contributed by atoms with Crippen molar-refractivity contribution in [2.75, 3.05) is 25.1 Å². The van der Waals surface area contributed by atoms with Gasteiger partial charge in [-0.05, 0) is 25.1 Å². The van der Waals surface area contributed by atoms with Crippen LogP contribution in [0.5, 0.6) is 0 Å². The predicted molar refractivity (Wildman–Crippen MR) is 64.8 cm³/mol. The number of benzene rings is 1. The Bertz CT molecular complexity index is 384. The number of hydrogen-bond acceptors (Lipinski definition) is 3. The van der Waals surface area contributed by atoms with E-state index in [0.29, 0.717) is 17.1 Å². The zero-order valence-corrected chi connectivity index (χ0v) is 10.2. The van der Waals surface area contributed by atoms with Crippen LogP contribution in [0.4, 0.5) is 10.1 Å². The van der Waals surface area contributed by atoms with E-state index in [9.17, 15) is 9.18 Å². The van der Waals surface area contributed by atoms with Gasteiger partial charge in [0.05, 0.1) is 5.75 Å². The summed E-state index contributed by atoms with van der Waals surface area (Å²) in [7, 11) is 1.72. The molecule has 88 valence electrons. The number of rotatable bonds is 4. The molecule has 0 saturated carbocycles. The van der Waals surface area contributed by atoms with E-state index in [2.05, 4.69) is 0 Å². The highest BCUT2D eigenvalue weighted by Crippen LogP contribution is 2.23. The predicted octanol–water partition coefficient (Wildman–Crippen LogP) is 1.98. The molecule has 0 unspecified atom stereocenters. The number of carbonyl (C=O) groups is 1. The molecule has 0 bridgehead atoms. The minimum absolute atomic E-state index is 0.0104. The van der Waals surface area contributed by atoms with Crippen molar-refractivity contribution in [3.8, 4) is 0 Å². The van der Waals surface area contributed by atoms with Gasteiger partial charge in [0.25, 0.3) is 0 Å². The average molecular weight is 242 g/mol. The number of hydrogen-bond donors (Lipinski definition) is 1. The Labute approximate surface area is 98.8 Å². The van der Waals surface area contributed by atoms with Crippen LogP contribution in [0.2, 0.25) is 0 Å². The van der Waals surface area contributed by atoms with Crippen LogP contribution >= 0.6 is 11.8 Å². The van der Waals surface area contributed by atoms with E-state index in [1.807, 2.05) is 6.92 Å². The van der Waals surface area contributed by atoms with Crippen LogP contribution in [-0.2, 0) is 4.79 Å². The molecule has 2 N–H and O–H groups in total. The average Bonchev–Trinajstić information content (AvgIpc) is 2.26. The van der Waals surface area contributed by atoms with Crippen LogP contribution < -0.4 is 5.73 Å². The Kier molecular flexibility index (Phi) is 4.61. The van der Waals surface area contributed by atoms with Gasteiger partial charge in [0, 0.05) is 24.2 Å². The van der Waals surface area contributed by atoms with E-state index in [-0.39, 0.29) is 17.5 Å². The van der Waals surface area contributed by atoms with Gasteiger partial charge in [0.1, 0.15) is 5.82 Å². The maximum absolute atomic E-state index is 13.4. The van der Waals surface area contributed by atoms with Gasteiger partial charge in [-0.25, -0.2) is 4.39 Å². The summed E-state index contributed by atoms with van der Waals surface area (Å²) in [5, 5.41) is 0. The quantitative estimate of drug-likeness (QED) is 0.648. The summed E-state index contributed by atoms with van der Waals surface area (Å²) < 4.78 is 13.4. The van der Waals surface area contributed by atoms with Crippen molar-refractivity contribution in [1.82, 2.24) is 4.90 Å². The van der Waals surface area contributed by atoms with Crippen LogP contribution in [0.15, 0.2) is 23.1 Å². The van der Waals surface area contributed by atoms with E-state index in [1.165, 1.54) is 17.8 Å². The van der Waals surface area contributed by atoms with E-state index in [0.717, 1.165) is 0 Å². The maximum Gasteiger partial charge on any atom is 0.232 e. The molecule has 0 spiro atoms. The standard InChI is InChI=1S/C11H15FN2OS/c1-3-14(2)11(15)7-16-10-5-4-8(13)6-9(10)12/h4-6H,3,7,13H2,1-2H3. The minimum Gasteiger partial charge on any atom is -0.399 e. The largest absolute Gasteiger partial charge is 0.399 e. The van der Waals surface area contributed by atoms with Gasteiger partial charge in [0.2, 0.25) is 5.91 Å². The lowest BCUT2D eigenvalue weighted by molar-refractivity contribution is -0.126. The van der Waals surface area contributed by atoms with E-state index in [1.54, 1.807) is 24.1 Å². The summed E-state index contributed by atoms with van der Waals surface area (Å²) in [5.74, 6) is -0.147. The van der Waals surface area contributed by atoms with E-state index >= 15 is 0 Å². The summed E-state index contributed by atoms with van der Waals surface area (Å²) in [6.45, 7) is 2.55. The van der Waals surface area contributed by atoms with Crippen LogP contribution in [-0.4, -0.2) is 30.2 Å². The molecule has 0 aliphatic heterocycles. The molecule has 1 aromatic carbocycles. The Hall–Kier alpha value is -1.23. The summed E-state index contributed by atoms with van der Waals surface area (Å²) in [6.07, 6.45) is 0. The molecule has 1 aromatic rings. The number of halogens is 1. The zero-order chi connectivity index (χ0) is 12.1.